The van der Waals surface area contributed by atoms with Crippen LogP contribution in [0.1, 0.15) is 64.2 Å². The summed E-state index contributed by atoms with van der Waals surface area (Å²) < 4.78 is 0. The van der Waals surface area contributed by atoms with Gasteiger partial charge >= 0.3 is 0 Å². The topological polar surface area (TPSA) is 20.2 Å². The van der Waals surface area contributed by atoms with E-state index in [9.17, 15) is 0 Å². The van der Waals surface area contributed by atoms with Crippen LogP contribution in [0.4, 0.5) is 0 Å². The Balaban J connectivity index is 2.98. The maximum atomic E-state index is 8.61. The first-order valence-corrected chi connectivity index (χ1v) is 7.41. The zero-order valence-corrected chi connectivity index (χ0v) is 11.4. The van der Waals surface area contributed by atoms with Gasteiger partial charge in [0, 0.05) is 6.61 Å². The summed E-state index contributed by atoms with van der Waals surface area (Å²) in [5.74, 6) is 1.03. The van der Waals surface area contributed by atoms with Gasteiger partial charge in [0.25, 0.3) is 0 Å². The van der Waals surface area contributed by atoms with Crippen molar-refractivity contribution in [1.82, 2.24) is 0 Å². The third-order valence-electron chi connectivity index (χ3n) is 2.72. The van der Waals surface area contributed by atoms with Crippen LogP contribution in [-0.2, 0) is 0 Å². The third-order valence-corrected chi connectivity index (χ3v) is 3.04. The molecule has 1 nitrogen and oxygen atoms in total. The second-order valence-corrected chi connectivity index (χ2v) is 4.77. The SMILES string of the molecule is OCCCCCCCC=CCCCCCS. The van der Waals surface area contributed by atoms with E-state index in [-0.39, 0.29) is 0 Å². The summed E-state index contributed by atoms with van der Waals surface area (Å²) in [5, 5.41) is 8.61. The summed E-state index contributed by atoms with van der Waals surface area (Å²) in [5.41, 5.74) is 0. The van der Waals surface area contributed by atoms with E-state index < -0.39 is 0 Å². The quantitative estimate of drug-likeness (QED) is 0.297. The molecule has 0 unspecified atom stereocenters. The summed E-state index contributed by atoms with van der Waals surface area (Å²) in [6.07, 6.45) is 17.0. The number of hydrogen-bond acceptors (Lipinski definition) is 2. The van der Waals surface area contributed by atoms with Gasteiger partial charge in [0.2, 0.25) is 0 Å². The largest absolute Gasteiger partial charge is 0.396 e. The van der Waals surface area contributed by atoms with Crippen LogP contribution in [0.2, 0.25) is 0 Å². The fourth-order valence-electron chi connectivity index (χ4n) is 1.69. The highest BCUT2D eigenvalue weighted by Gasteiger charge is 1.88. The van der Waals surface area contributed by atoms with Crippen LogP contribution in [0.5, 0.6) is 0 Å². The molecule has 0 heterocycles. The highest BCUT2D eigenvalue weighted by molar-refractivity contribution is 7.80. The predicted octanol–water partition coefficient (Wildman–Crippen LogP) is 4.37. The van der Waals surface area contributed by atoms with Gasteiger partial charge in [-0.05, 0) is 44.3 Å². The zero-order valence-electron chi connectivity index (χ0n) is 10.5. The van der Waals surface area contributed by atoms with Gasteiger partial charge in [-0.3, -0.25) is 0 Å². The molecule has 0 aromatic carbocycles. The van der Waals surface area contributed by atoms with E-state index in [2.05, 4.69) is 24.8 Å². The molecule has 0 aromatic rings. The van der Waals surface area contributed by atoms with Crippen molar-refractivity contribution < 1.29 is 5.11 Å². The molecule has 0 aliphatic carbocycles. The normalized spacial score (nSPS) is 11.4. The lowest BCUT2D eigenvalue weighted by Crippen LogP contribution is -1.83. The Kier molecular flexibility index (Phi) is 15.1. The molecule has 2 heteroatoms. The maximum Gasteiger partial charge on any atom is 0.0431 e. The number of thiol groups is 1. The van der Waals surface area contributed by atoms with Crippen LogP contribution in [0.3, 0.4) is 0 Å². The van der Waals surface area contributed by atoms with Crippen LogP contribution >= 0.6 is 12.6 Å². The van der Waals surface area contributed by atoms with E-state index >= 15 is 0 Å². The molecule has 0 aliphatic heterocycles. The van der Waals surface area contributed by atoms with Crippen molar-refractivity contribution in [2.75, 3.05) is 12.4 Å². The van der Waals surface area contributed by atoms with Crippen molar-refractivity contribution in [1.29, 1.82) is 0 Å². The van der Waals surface area contributed by atoms with Crippen LogP contribution in [0, 0.1) is 0 Å². The summed E-state index contributed by atoms with van der Waals surface area (Å²) in [4.78, 5) is 0. The predicted molar refractivity (Wildman–Crippen MR) is 76.2 cm³/mol. The Labute approximate surface area is 107 Å². The lowest BCUT2D eigenvalue weighted by atomic mass is 10.1. The Bertz CT molecular complexity index is 146. The molecule has 0 amide bonds. The van der Waals surface area contributed by atoms with Crippen LogP contribution in [0.25, 0.3) is 0 Å². The van der Waals surface area contributed by atoms with Crippen LogP contribution < -0.4 is 0 Å². The van der Waals surface area contributed by atoms with E-state index in [0.717, 1.165) is 12.2 Å². The van der Waals surface area contributed by atoms with Crippen molar-refractivity contribution in [3.8, 4) is 0 Å². The highest BCUT2D eigenvalue weighted by atomic mass is 32.1. The van der Waals surface area contributed by atoms with E-state index in [0.29, 0.717) is 6.61 Å². The molecule has 0 fully saturated rings. The minimum Gasteiger partial charge on any atom is -0.396 e. The Hall–Kier alpha value is 0.0500. The lowest BCUT2D eigenvalue weighted by molar-refractivity contribution is 0.282. The molecule has 1 N–H and O–H groups in total. The molecule has 0 rings (SSSR count). The van der Waals surface area contributed by atoms with Crippen LogP contribution in [-0.4, -0.2) is 17.5 Å². The van der Waals surface area contributed by atoms with E-state index in [1.54, 1.807) is 0 Å². The van der Waals surface area contributed by atoms with E-state index in [4.69, 9.17) is 5.11 Å². The molecule has 0 radical (unpaired) electrons. The standard InChI is InChI=1S/C14H28OS/c15-13-11-9-7-5-3-1-2-4-6-8-10-12-14-16/h2,4,15-16H,1,3,5-14H2. The second kappa shape index (κ2) is 15.0. The maximum absolute atomic E-state index is 8.61. The number of aliphatic hydroxyl groups is 1. The van der Waals surface area contributed by atoms with Gasteiger partial charge < -0.3 is 5.11 Å². The third kappa shape index (κ3) is 14.1. The minimum absolute atomic E-state index is 0.353. The molecule has 96 valence electrons. The molecule has 0 aromatic heterocycles. The first-order valence-electron chi connectivity index (χ1n) is 6.78. The monoisotopic (exact) mass is 244 g/mol. The first-order chi connectivity index (χ1) is 7.91. The zero-order chi connectivity index (χ0) is 11.9. The Morgan fingerprint density at radius 2 is 1.19 bits per heavy atom. The summed E-state index contributed by atoms with van der Waals surface area (Å²) in [6, 6.07) is 0. The molecule has 16 heavy (non-hydrogen) atoms. The highest BCUT2D eigenvalue weighted by Crippen LogP contribution is 2.07. The van der Waals surface area contributed by atoms with Gasteiger partial charge in [0.05, 0.1) is 0 Å². The molecule has 0 aliphatic rings. The van der Waals surface area contributed by atoms with Crippen molar-refractivity contribution in [3.63, 3.8) is 0 Å². The number of unbranched alkanes of at least 4 members (excludes halogenated alkanes) is 8. The second-order valence-electron chi connectivity index (χ2n) is 4.32. The minimum atomic E-state index is 0.353. The smallest absolute Gasteiger partial charge is 0.0431 e. The number of hydrogen-bond donors (Lipinski definition) is 2. The fourth-order valence-corrected chi connectivity index (χ4v) is 1.91. The average molecular weight is 244 g/mol. The van der Waals surface area contributed by atoms with Gasteiger partial charge in [-0.2, -0.15) is 12.6 Å². The summed E-state index contributed by atoms with van der Waals surface area (Å²) in [7, 11) is 0. The van der Waals surface area contributed by atoms with Crippen molar-refractivity contribution in [2.45, 2.75) is 64.2 Å². The van der Waals surface area contributed by atoms with E-state index in [1.807, 2.05) is 0 Å². The van der Waals surface area contributed by atoms with Gasteiger partial charge in [0.1, 0.15) is 0 Å². The molecule has 0 bridgehead atoms. The van der Waals surface area contributed by atoms with E-state index in [1.165, 1.54) is 57.8 Å². The first kappa shape index (κ1) is 16.1. The molecule has 0 spiro atoms. The molecular formula is C14H28OS. The van der Waals surface area contributed by atoms with Gasteiger partial charge in [-0.25, -0.2) is 0 Å². The average Bonchev–Trinajstić information content (AvgIpc) is 2.31. The van der Waals surface area contributed by atoms with Crippen molar-refractivity contribution in [3.05, 3.63) is 12.2 Å². The van der Waals surface area contributed by atoms with Crippen molar-refractivity contribution >= 4 is 12.6 Å². The molecular weight excluding hydrogens is 216 g/mol. The summed E-state index contributed by atoms with van der Waals surface area (Å²) >= 11 is 4.19. The Morgan fingerprint density at radius 3 is 1.75 bits per heavy atom. The van der Waals surface area contributed by atoms with Crippen LogP contribution in [0.15, 0.2) is 12.2 Å². The Morgan fingerprint density at radius 1 is 0.688 bits per heavy atom. The van der Waals surface area contributed by atoms with Gasteiger partial charge in [0.15, 0.2) is 0 Å². The fraction of sp³-hybridized carbons (Fsp3) is 0.857. The number of rotatable bonds is 12. The number of aliphatic hydroxyl groups excluding tert-OH is 1. The molecule has 0 atom stereocenters. The van der Waals surface area contributed by atoms with Crippen molar-refractivity contribution in [2.24, 2.45) is 0 Å². The molecule has 0 saturated heterocycles. The molecule has 0 saturated carbocycles. The summed E-state index contributed by atoms with van der Waals surface area (Å²) in [6.45, 7) is 0.353. The lowest BCUT2D eigenvalue weighted by Gasteiger charge is -1.97. The van der Waals surface area contributed by atoms with Gasteiger partial charge in [-0.1, -0.05) is 37.8 Å². The van der Waals surface area contributed by atoms with Gasteiger partial charge in [-0.15, -0.1) is 0 Å². The number of allylic oxidation sites excluding steroid dienone is 2.